The minimum atomic E-state index is -0.288. The van der Waals surface area contributed by atoms with E-state index in [0.29, 0.717) is 17.0 Å². The van der Waals surface area contributed by atoms with Crippen LogP contribution in [0, 0.1) is 17.1 Å². The minimum Gasteiger partial charge on any atom is -0.326 e. The maximum absolute atomic E-state index is 13.6. The maximum atomic E-state index is 13.6. The van der Waals surface area contributed by atoms with Crippen LogP contribution in [0.5, 0.6) is 0 Å². The molecule has 0 aliphatic rings. The van der Waals surface area contributed by atoms with E-state index in [1.807, 2.05) is 6.07 Å². The summed E-state index contributed by atoms with van der Waals surface area (Å²) in [5.41, 5.74) is 6.89. The molecule has 0 saturated carbocycles. The molecule has 0 amide bonds. The van der Waals surface area contributed by atoms with Crippen LogP contribution in [0.4, 0.5) is 4.39 Å². The molecule has 2 rings (SSSR count). The van der Waals surface area contributed by atoms with E-state index >= 15 is 0 Å². The van der Waals surface area contributed by atoms with Crippen LogP contribution < -0.4 is 5.73 Å². The highest BCUT2D eigenvalue weighted by Gasteiger charge is 2.08. The van der Waals surface area contributed by atoms with Crippen molar-refractivity contribution in [1.82, 2.24) is 0 Å². The van der Waals surface area contributed by atoms with Crippen LogP contribution in [0.1, 0.15) is 10.4 Å². The fraction of sp³-hybridized carbons (Fsp3) is 0.0833. The SMILES string of the molecule is N#Cc1ccc(-c2cc(CN)ccc2F)s1. The van der Waals surface area contributed by atoms with Crippen molar-refractivity contribution in [3.8, 4) is 16.5 Å². The second-order valence-corrected chi connectivity index (χ2v) is 4.38. The Morgan fingerprint density at radius 2 is 2.12 bits per heavy atom. The molecule has 0 saturated heterocycles. The number of benzene rings is 1. The summed E-state index contributed by atoms with van der Waals surface area (Å²) in [5, 5.41) is 8.71. The van der Waals surface area contributed by atoms with E-state index in [1.165, 1.54) is 17.4 Å². The first-order valence-electron chi connectivity index (χ1n) is 4.73. The van der Waals surface area contributed by atoms with Gasteiger partial charge in [-0.1, -0.05) is 6.07 Å². The summed E-state index contributed by atoms with van der Waals surface area (Å²) in [6.45, 7) is 0.379. The molecule has 0 fully saturated rings. The fourth-order valence-corrected chi connectivity index (χ4v) is 2.25. The fourth-order valence-electron chi connectivity index (χ4n) is 1.43. The maximum Gasteiger partial charge on any atom is 0.131 e. The minimum absolute atomic E-state index is 0.288. The molecule has 0 aliphatic carbocycles. The normalized spacial score (nSPS) is 10.1. The predicted molar refractivity (Wildman–Crippen MR) is 62.3 cm³/mol. The van der Waals surface area contributed by atoms with Gasteiger partial charge in [-0.3, -0.25) is 0 Å². The lowest BCUT2D eigenvalue weighted by atomic mass is 10.1. The van der Waals surface area contributed by atoms with Crippen LogP contribution in [0.25, 0.3) is 10.4 Å². The summed E-state index contributed by atoms with van der Waals surface area (Å²) in [6.07, 6.45) is 0. The topological polar surface area (TPSA) is 49.8 Å². The van der Waals surface area contributed by atoms with Gasteiger partial charge in [-0.25, -0.2) is 4.39 Å². The second-order valence-electron chi connectivity index (χ2n) is 3.29. The highest BCUT2D eigenvalue weighted by molar-refractivity contribution is 7.16. The Labute approximate surface area is 96.8 Å². The zero-order valence-corrected chi connectivity index (χ0v) is 9.22. The van der Waals surface area contributed by atoms with Crippen LogP contribution in [-0.2, 0) is 6.54 Å². The number of halogens is 1. The van der Waals surface area contributed by atoms with Crippen molar-refractivity contribution in [2.45, 2.75) is 6.54 Å². The monoisotopic (exact) mass is 232 g/mol. The van der Waals surface area contributed by atoms with Crippen LogP contribution in [0.15, 0.2) is 30.3 Å². The first-order chi connectivity index (χ1) is 7.74. The molecule has 0 atom stereocenters. The molecule has 2 aromatic rings. The molecule has 2 N–H and O–H groups in total. The quantitative estimate of drug-likeness (QED) is 0.865. The van der Waals surface area contributed by atoms with Gasteiger partial charge in [-0.2, -0.15) is 5.26 Å². The Kier molecular flexibility index (Phi) is 3.00. The molecule has 0 aliphatic heterocycles. The molecule has 1 heterocycles. The summed E-state index contributed by atoms with van der Waals surface area (Å²) in [5.74, 6) is -0.288. The molecule has 0 spiro atoms. The molecular formula is C12H9FN2S. The number of nitrogens with two attached hydrogens (primary N) is 1. The first kappa shape index (κ1) is 10.8. The van der Waals surface area contributed by atoms with E-state index < -0.39 is 0 Å². The summed E-state index contributed by atoms with van der Waals surface area (Å²) in [7, 11) is 0. The Bertz CT molecular complexity index is 554. The van der Waals surface area contributed by atoms with Gasteiger partial charge < -0.3 is 5.73 Å². The van der Waals surface area contributed by atoms with Gasteiger partial charge in [-0.15, -0.1) is 11.3 Å². The molecule has 2 nitrogen and oxygen atoms in total. The Balaban J connectivity index is 2.50. The average Bonchev–Trinajstić information content (AvgIpc) is 2.78. The number of nitriles is 1. The van der Waals surface area contributed by atoms with Crippen molar-refractivity contribution in [2.75, 3.05) is 0 Å². The summed E-state index contributed by atoms with van der Waals surface area (Å²) in [4.78, 5) is 1.33. The Hall–Kier alpha value is -1.70. The van der Waals surface area contributed by atoms with Gasteiger partial charge in [0.2, 0.25) is 0 Å². The third kappa shape index (κ3) is 1.96. The predicted octanol–water partition coefficient (Wildman–Crippen LogP) is 2.88. The number of hydrogen-bond donors (Lipinski definition) is 1. The Morgan fingerprint density at radius 3 is 2.75 bits per heavy atom. The second kappa shape index (κ2) is 4.44. The molecule has 0 unspecified atom stereocenters. The zero-order valence-electron chi connectivity index (χ0n) is 8.40. The van der Waals surface area contributed by atoms with Gasteiger partial charge >= 0.3 is 0 Å². The van der Waals surface area contributed by atoms with Crippen LogP contribution >= 0.6 is 11.3 Å². The van der Waals surface area contributed by atoms with Gasteiger partial charge in [0.15, 0.2) is 0 Å². The highest BCUT2D eigenvalue weighted by atomic mass is 32.1. The number of hydrogen-bond acceptors (Lipinski definition) is 3. The van der Waals surface area contributed by atoms with E-state index in [-0.39, 0.29) is 5.82 Å². The van der Waals surface area contributed by atoms with Crippen molar-refractivity contribution in [3.05, 3.63) is 46.6 Å². The Morgan fingerprint density at radius 1 is 1.31 bits per heavy atom. The average molecular weight is 232 g/mol. The largest absolute Gasteiger partial charge is 0.326 e. The third-order valence-corrected chi connectivity index (χ3v) is 3.27. The zero-order chi connectivity index (χ0) is 11.5. The van der Waals surface area contributed by atoms with E-state index in [0.717, 1.165) is 10.4 Å². The van der Waals surface area contributed by atoms with Gasteiger partial charge in [0, 0.05) is 17.0 Å². The molecule has 1 aromatic heterocycles. The van der Waals surface area contributed by atoms with E-state index in [2.05, 4.69) is 0 Å². The molecular weight excluding hydrogens is 223 g/mol. The van der Waals surface area contributed by atoms with E-state index in [4.69, 9.17) is 11.0 Å². The first-order valence-corrected chi connectivity index (χ1v) is 5.55. The molecule has 0 radical (unpaired) electrons. The number of thiophene rings is 1. The van der Waals surface area contributed by atoms with Gasteiger partial charge in [0.05, 0.1) is 0 Å². The standard InChI is InChI=1S/C12H9FN2S/c13-11-3-1-8(6-14)5-10(11)12-4-2-9(7-15)16-12/h1-5H,6,14H2. The van der Waals surface area contributed by atoms with Crippen LogP contribution in [0.2, 0.25) is 0 Å². The van der Waals surface area contributed by atoms with E-state index in [1.54, 1.807) is 24.3 Å². The highest BCUT2D eigenvalue weighted by Crippen LogP contribution is 2.30. The lowest BCUT2D eigenvalue weighted by Crippen LogP contribution is -1.96. The van der Waals surface area contributed by atoms with Gasteiger partial charge in [0.25, 0.3) is 0 Å². The number of nitrogens with zero attached hydrogens (tertiary/aromatic N) is 1. The third-order valence-electron chi connectivity index (χ3n) is 2.25. The lowest BCUT2D eigenvalue weighted by molar-refractivity contribution is 0.631. The van der Waals surface area contributed by atoms with Crippen LogP contribution in [0.3, 0.4) is 0 Å². The van der Waals surface area contributed by atoms with E-state index in [9.17, 15) is 4.39 Å². The van der Waals surface area contributed by atoms with Crippen molar-refractivity contribution in [2.24, 2.45) is 5.73 Å². The van der Waals surface area contributed by atoms with Crippen molar-refractivity contribution < 1.29 is 4.39 Å². The summed E-state index contributed by atoms with van der Waals surface area (Å²) < 4.78 is 13.6. The number of rotatable bonds is 2. The molecule has 80 valence electrons. The van der Waals surface area contributed by atoms with Crippen molar-refractivity contribution in [3.63, 3.8) is 0 Å². The summed E-state index contributed by atoms with van der Waals surface area (Å²) >= 11 is 1.28. The van der Waals surface area contributed by atoms with Gasteiger partial charge in [-0.05, 0) is 29.8 Å². The molecule has 4 heteroatoms. The molecule has 0 bridgehead atoms. The lowest BCUT2D eigenvalue weighted by Gasteiger charge is -2.02. The van der Waals surface area contributed by atoms with Crippen molar-refractivity contribution in [1.29, 1.82) is 5.26 Å². The smallest absolute Gasteiger partial charge is 0.131 e. The molecule has 1 aromatic carbocycles. The van der Waals surface area contributed by atoms with Crippen LogP contribution in [-0.4, -0.2) is 0 Å². The molecule has 16 heavy (non-hydrogen) atoms. The summed E-state index contributed by atoms with van der Waals surface area (Å²) in [6, 6.07) is 10.3. The van der Waals surface area contributed by atoms with Crippen molar-refractivity contribution >= 4 is 11.3 Å². The van der Waals surface area contributed by atoms with Gasteiger partial charge in [0.1, 0.15) is 16.8 Å².